The van der Waals surface area contributed by atoms with E-state index in [1.807, 2.05) is 13.8 Å². The van der Waals surface area contributed by atoms with Gasteiger partial charge in [0, 0.05) is 6.07 Å². The summed E-state index contributed by atoms with van der Waals surface area (Å²) in [5.41, 5.74) is -0.314. The van der Waals surface area contributed by atoms with Gasteiger partial charge in [-0.25, -0.2) is 4.39 Å². The molecule has 0 amide bonds. The van der Waals surface area contributed by atoms with E-state index in [0.29, 0.717) is 12.4 Å². The monoisotopic (exact) mass is 221 g/mol. The minimum atomic E-state index is -0.314. The van der Waals surface area contributed by atoms with Crippen LogP contribution >= 0.6 is 0 Å². The maximum absolute atomic E-state index is 12.8. The predicted molar refractivity (Wildman–Crippen MR) is 60.5 cm³/mol. The molecule has 0 unspecified atom stereocenters. The first kappa shape index (κ1) is 12.5. The highest BCUT2D eigenvalue weighted by Crippen LogP contribution is 2.21. The van der Waals surface area contributed by atoms with E-state index in [9.17, 15) is 4.39 Å². The summed E-state index contributed by atoms with van der Waals surface area (Å²) in [6.45, 7) is 4.30. The first-order valence-electron chi connectivity index (χ1n) is 5.33. The predicted octanol–water partition coefficient (Wildman–Crippen LogP) is 3.53. The average molecular weight is 221 g/mol. The van der Waals surface area contributed by atoms with Crippen LogP contribution in [0.4, 0.5) is 4.39 Å². The van der Waals surface area contributed by atoms with Crippen LogP contribution < -0.4 is 4.74 Å². The Bertz CT molecular complexity index is 382. The number of benzene rings is 1. The molecular weight excluding hydrogens is 205 g/mol. The van der Waals surface area contributed by atoms with Gasteiger partial charge in [0.15, 0.2) is 0 Å². The van der Waals surface area contributed by atoms with Gasteiger partial charge in [-0.15, -0.1) is 0 Å². The Kier molecular flexibility index (Phi) is 4.30. The number of nitriles is 1. The molecule has 1 aromatic rings. The van der Waals surface area contributed by atoms with Crippen LogP contribution in [0.1, 0.15) is 26.7 Å². The molecule has 0 radical (unpaired) electrons. The largest absolute Gasteiger partial charge is 0.493 e. The molecule has 0 N–H and O–H groups in total. The molecule has 2 nitrogen and oxygen atoms in total. The number of halogens is 1. The van der Waals surface area contributed by atoms with Crippen LogP contribution in [0.5, 0.6) is 5.75 Å². The van der Waals surface area contributed by atoms with Gasteiger partial charge in [-0.3, -0.25) is 0 Å². The van der Waals surface area contributed by atoms with Gasteiger partial charge < -0.3 is 4.74 Å². The van der Waals surface area contributed by atoms with Crippen LogP contribution in [0.25, 0.3) is 0 Å². The highest BCUT2D eigenvalue weighted by molar-refractivity contribution is 5.22. The number of ether oxygens (including phenoxy) is 1. The molecule has 0 aliphatic rings. The van der Waals surface area contributed by atoms with Crippen molar-refractivity contribution in [3.8, 4) is 11.8 Å². The van der Waals surface area contributed by atoms with Crippen molar-refractivity contribution in [3.63, 3.8) is 0 Å². The minimum Gasteiger partial charge on any atom is -0.493 e. The average Bonchev–Trinajstić information content (AvgIpc) is 2.25. The third-order valence-corrected chi connectivity index (χ3v) is 2.31. The zero-order valence-corrected chi connectivity index (χ0v) is 9.66. The lowest BCUT2D eigenvalue weighted by Crippen LogP contribution is -2.10. The topological polar surface area (TPSA) is 33.0 Å². The summed E-state index contributed by atoms with van der Waals surface area (Å²) in [7, 11) is 0. The molecule has 0 atom stereocenters. The maximum Gasteiger partial charge on any atom is 0.126 e. The van der Waals surface area contributed by atoms with E-state index in [-0.39, 0.29) is 11.2 Å². The van der Waals surface area contributed by atoms with E-state index in [0.717, 1.165) is 12.8 Å². The van der Waals surface area contributed by atoms with Crippen molar-refractivity contribution >= 4 is 0 Å². The van der Waals surface area contributed by atoms with Crippen molar-refractivity contribution in [2.75, 3.05) is 6.61 Å². The summed E-state index contributed by atoms with van der Waals surface area (Å²) in [4.78, 5) is 0. The highest BCUT2D eigenvalue weighted by atomic mass is 19.1. The molecule has 1 rings (SSSR count). The third-order valence-electron chi connectivity index (χ3n) is 2.31. The summed E-state index contributed by atoms with van der Waals surface area (Å²) >= 11 is 0. The Morgan fingerprint density at radius 1 is 1.44 bits per heavy atom. The fraction of sp³-hybridized carbons (Fsp3) is 0.462. The van der Waals surface area contributed by atoms with Crippen LogP contribution in [0, 0.1) is 22.6 Å². The summed E-state index contributed by atoms with van der Waals surface area (Å²) in [5.74, 6) is 0.240. The van der Waals surface area contributed by atoms with E-state index < -0.39 is 0 Å². The van der Waals surface area contributed by atoms with Crippen LogP contribution in [0.2, 0.25) is 0 Å². The van der Waals surface area contributed by atoms with E-state index >= 15 is 0 Å². The Balaban J connectivity index is 2.29. The number of nitrogens with zero attached hydrogens (tertiary/aromatic N) is 1. The number of hydrogen-bond donors (Lipinski definition) is 0. The molecule has 0 bridgehead atoms. The minimum absolute atomic E-state index is 0.296. The quantitative estimate of drug-likeness (QED) is 0.712. The molecule has 1 aromatic carbocycles. The van der Waals surface area contributed by atoms with Crippen molar-refractivity contribution < 1.29 is 9.13 Å². The molecule has 3 heteroatoms. The van der Waals surface area contributed by atoms with Crippen molar-refractivity contribution in [2.24, 2.45) is 5.41 Å². The van der Waals surface area contributed by atoms with E-state index in [1.165, 1.54) is 12.1 Å². The van der Waals surface area contributed by atoms with Gasteiger partial charge in [0.2, 0.25) is 0 Å². The van der Waals surface area contributed by atoms with Crippen LogP contribution in [-0.4, -0.2) is 6.61 Å². The fourth-order valence-electron chi connectivity index (χ4n) is 1.32. The molecule has 0 fully saturated rings. The molecule has 0 aliphatic carbocycles. The van der Waals surface area contributed by atoms with Gasteiger partial charge in [-0.05, 0) is 38.8 Å². The first-order chi connectivity index (χ1) is 7.53. The van der Waals surface area contributed by atoms with E-state index in [1.54, 1.807) is 12.1 Å². The molecule has 0 aliphatic heterocycles. The standard InChI is InChI=1S/C13H16FNO/c1-13(2,10-15)7-4-8-16-12-6-3-5-11(14)9-12/h3,5-6,9H,4,7-8H2,1-2H3. The second kappa shape index (κ2) is 5.50. The van der Waals surface area contributed by atoms with E-state index in [4.69, 9.17) is 10.00 Å². The van der Waals surface area contributed by atoms with Gasteiger partial charge in [-0.1, -0.05) is 6.07 Å². The zero-order valence-electron chi connectivity index (χ0n) is 9.66. The maximum atomic E-state index is 12.8. The fourth-order valence-corrected chi connectivity index (χ4v) is 1.32. The normalized spacial score (nSPS) is 10.9. The second-order valence-electron chi connectivity index (χ2n) is 4.41. The van der Waals surface area contributed by atoms with Gasteiger partial charge in [0.05, 0.1) is 18.1 Å². The van der Waals surface area contributed by atoms with Crippen LogP contribution in [0.15, 0.2) is 24.3 Å². The molecule has 0 saturated heterocycles. The van der Waals surface area contributed by atoms with Crippen molar-refractivity contribution in [3.05, 3.63) is 30.1 Å². The van der Waals surface area contributed by atoms with E-state index in [2.05, 4.69) is 6.07 Å². The number of rotatable bonds is 5. The van der Waals surface area contributed by atoms with Gasteiger partial charge >= 0.3 is 0 Å². The zero-order chi connectivity index (χ0) is 12.0. The molecular formula is C13H16FNO. The molecule has 0 heterocycles. The van der Waals surface area contributed by atoms with Crippen molar-refractivity contribution in [2.45, 2.75) is 26.7 Å². The molecule has 0 spiro atoms. The third kappa shape index (κ3) is 4.31. The summed E-state index contributed by atoms with van der Waals surface area (Å²) in [6.07, 6.45) is 1.57. The van der Waals surface area contributed by atoms with Crippen LogP contribution in [0.3, 0.4) is 0 Å². The highest BCUT2D eigenvalue weighted by Gasteiger charge is 2.15. The lowest BCUT2D eigenvalue weighted by atomic mass is 9.90. The second-order valence-corrected chi connectivity index (χ2v) is 4.41. The Labute approximate surface area is 95.7 Å². The van der Waals surface area contributed by atoms with Gasteiger partial charge in [0.1, 0.15) is 11.6 Å². The Morgan fingerprint density at radius 3 is 2.81 bits per heavy atom. The summed E-state index contributed by atoms with van der Waals surface area (Å²) < 4.78 is 18.2. The van der Waals surface area contributed by atoms with Crippen molar-refractivity contribution in [1.82, 2.24) is 0 Å². The lowest BCUT2D eigenvalue weighted by molar-refractivity contribution is 0.283. The summed E-state index contributed by atoms with van der Waals surface area (Å²) in [5, 5.41) is 8.81. The Hall–Kier alpha value is -1.56. The first-order valence-corrected chi connectivity index (χ1v) is 5.33. The van der Waals surface area contributed by atoms with Gasteiger partial charge in [-0.2, -0.15) is 5.26 Å². The van der Waals surface area contributed by atoms with Crippen molar-refractivity contribution in [1.29, 1.82) is 5.26 Å². The smallest absolute Gasteiger partial charge is 0.126 e. The molecule has 0 saturated carbocycles. The molecule has 0 aromatic heterocycles. The summed E-state index contributed by atoms with van der Waals surface area (Å²) in [6, 6.07) is 8.31. The van der Waals surface area contributed by atoms with Gasteiger partial charge in [0.25, 0.3) is 0 Å². The lowest BCUT2D eigenvalue weighted by Gasteiger charge is -2.14. The van der Waals surface area contributed by atoms with Crippen LogP contribution in [-0.2, 0) is 0 Å². The SMILES string of the molecule is CC(C)(C#N)CCCOc1cccc(F)c1. The number of hydrogen-bond acceptors (Lipinski definition) is 2. The molecule has 86 valence electrons. The molecule has 16 heavy (non-hydrogen) atoms. The Morgan fingerprint density at radius 2 is 2.19 bits per heavy atom.